The number of fused-ring (bicyclic) bond motifs is 1. The lowest BCUT2D eigenvalue weighted by molar-refractivity contribution is -0.117. The average Bonchev–Trinajstić information content (AvgIpc) is 2.53. The molecule has 2 aromatic carbocycles. The van der Waals surface area contributed by atoms with Gasteiger partial charge in [-0.1, -0.05) is 29.5 Å². The van der Waals surface area contributed by atoms with E-state index in [0.717, 1.165) is 9.15 Å². The lowest BCUT2D eigenvalue weighted by Gasteiger charge is -2.08. The Morgan fingerprint density at radius 3 is 2.68 bits per heavy atom. The van der Waals surface area contributed by atoms with Gasteiger partial charge in [0.15, 0.2) is 0 Å². The van der Waals surface area contributed by atoms with Gasteiger partial charge in [-0.25, -0.2) is 4.68 Å². The van der Waals surface area contributed by atoms with Gasteiger partial charge in [0, 0.05) is 4.47 Å². The minimum absolute atomic E-state index is 0.196. The Morgan fingerprint density at radius 2 is 1.86 bits per heavy atom. The van der Waals surface area contributed by atoms with Crippen molar-refractivity contribution in [2.45, 2.75) is 6.54 Å². The second kappa shape index (κ2) is 6.07. The van der Waals surface area contributed by atoms with Crippen LogP contribution < -0.4 is 10.9 Å². The zero-order valence-electron chi connectivity index (χ0n) is 11.4. The molecule has 7 heteroatoms. The van der Waals surface area contributed by atoms with Crippen molar-refractivity contribution in [3.8, 4) is 0 Å². The normalized spacial score (nSPS) is 10.6. The van der Waals surface area contributed by atoms with E-state index in [1.54, 1.807) is 30.3 Å². The first-order valence-electron chi connectivity index (χ1n) is 6.52. The maximum absolute atomic E-state index is 12.3. The van der Waals surface area contributed by atoms with Crippen LogP contribution >= 0.6 is 15.9 Å². The molecular formula is C15H11BrN4O2. The molecule has 0 aliphatic heterocycles. The summed E-state index contributed by atoms with van der Waals surface area (Å²) in [7, 11) is 0. The third-order valence-electron chi connectivity index (χ3n) is 3.07. The maximum Gasteiger partial charge on any atom is 0.278 e. The molecule has 0 atom stereocenters. The molecule has 0 radical (unpaired) electrons. The summed E-state index contributed by atoms with van der Waals surface area (Å²) < 4.78 is 1.81. The maximum atomic E-state index is 12.3. The number of nitrogens with zero attached hydrogens (tertiary/aromatic N) is 3. The molecular weight excluding hydrogens is 348 g/mol. The molecule has 110 valence electrons. The minimum atomic E-state index is -0.349. The zero-order chi connectivity index (χ0) is 15.5. The van der Waals surface area contributed by atoms with E-state index >= 15 is 0 Å². The smallest absolute Gasteiger partial charge is 0.278 e. The van der Waals surface area contributed by atoms with Gasteiger partial charge in [0.1, 0.15) is 12.1 Å². The third kappa shape index (κ3) is 2.89. The van der Waals surface area contributed by atoms with E-state index in [2.05, 4.69) is 31.6 Å². The molecule has 1 amide bonds. The van der Waals surface area contributed by atoms with Crippen LogP contribution in [0.4, 0.5) is 5.69 Å². The van der Waals surface area contributed by atoms with Gasteiger partial charge in [0.2, 0.25) is 5.91 Å². The second-order valence-electron chi connectivity index (χ2n) is 4.60. The number of carbonyl (C=O) groups excluding carboxylic acids is 1. The molecule has 0 aliphatic rings. The number of para-hydroxylation sites is 1. The van der Waals surface area contributed by atoms with Crippen molar-refractivity contribution in [2.24, 2.45) is 0 Å². The number of halogens is 1. The summed E-state index contributed by atoms with van der Waals surface area (Å²) in [6.07, 6.45) is 0. The van der Waals surface area contributed by atoms with Crippen molar-refractivity contribution in [1.82, 2.24) is 15.0 Å². The van der Waals surface area contributed by atoms with E-state index in [9.17, 15) is 9.59 Å². The third-order valence-corrected chi connectivity index (χ3v) is 3.76. The SMILES string of the molecule is O=C(Cn1nnc2ccccc2c1=O)Nc1ccccc1Br. The van der Waals surface area contributed by atoms with Crippen molar-refractivity contribution in [3.05, 3.63) is 63.4 Å². The molecule has 0 saturated carbocycles. The molecule has 3 rings (SSSR count). The highest BCUT2D eigenvalue weighted by atomic mass is 79.9. The van der Waals surface area contributed by atoms with Crippen molar-refractivity contribution in [3.63, 3.8) is 0 Å². The van der Waals surface area contributed by atoms with E-state index in [1.807, 2.05) is 18.2 Å². The first kappa shape index (κ1) is 14.4. The minimum Gasteiger partial charge on any atom is -0.323 e. The number of hydrogen-bond donors (Lipinski definition) is 1. The van der Waals surface area contributed by atoms with Gasteiger partial charge < -0.3 is 5.32 Å². The summed E-state index contributed by atoms with van der Waals surface area (Å²) in [4.78, 5) is 24.3. The summed E-state index contributed by atoms with van der Waals surface area (Å²) in [5.41, 5.74) is 0.803. The van der Waals surface area contributed by atoms with Crippen LogP contribution in [0.15, 0.2) is 57.8 Å². The molecule has 22 heavy (non-hydrogen) atoms. The summed E-state index contributed by atoms with van der Waals surface area (Å²) in [5.74, 6) is -0.349. The van der Waals surface area contributed by atoms with Crippen LogP contribution in [0.1, 0.15) is 0 Å². The second-order valence-corrected chi connectivity index (χ2v) is 5.45. The van der Waals surface area contributed by atoms with Crippen molar-refractivity contribution < 1.29 is 4.79 Å². The number of nitrogens with one attached hydrogen (secondary N) is 1. The monoisotopic (exact) mass is 358 g/mol. The fourth-order valence-corrected chi connectivity index (χ4v) is 2.40. The van der Waals surface area contributed by atoms with Gasteiger partial charge in [-0.15, -0.1) is 5.10 Å². The van der Waals surface area contributed by atoms with Crippen LogP contribution in [-0.2, 0) is 11.3 Å². The Bertz CT molecular complexity index is 907. The number of hydrogen-bond acceptors (Lipinski definition) is 4. The zero-order valence-corrected chi connectivity index (χ0v) is 12.9. The van der Waals surface area contributed by atoms with E-state index in [0.29, 0.717) is 16.6 Å². The van der Waals surface area contributed by atoms with Crippen molar-refractivity contribution in [2.75, 3.05) is 5.32 Å². The lowest BCUT2D eigenvalue weighted by atomic mass is 10.2. The number of benzene rings is 2. The van der Waals surface area contributed by atoms with E-state index in [-0.39, 0.29) is 18.0 Å². The standard InChI is InChI=1S/C15H11BrN4O2/c16-11-6-2-4-8-13(11)17-14(21)9-20-15(22)10-5-1-3-7-12(10)18-19-20/h1-8H,9H2,(H,17,21). The van der Waals surface area contributed by atoms with Crippen LogP contribution in [0, 0.1) is 0 Å². The molecule has 1 aromatic heterocycles. The first-order valence-corrected chi connectivity index (χ1v) is 7.31. The van der Waals surface area contributed by atoms with E-state index in [4.69, 9.17) is 0 Å². The predicted molar refractivity (Wildman–Crippen MR) is 86.6 cm³/mol. The van der Waals surface area contributed by atoms with Gasteiger partial charge >= 0.3 is 0 Å². The average molecular weight is 359 g/mol. The Labute approximate surface area is 133 Å². The summed E-state index contributed by atoms with van der Waals surface area (Å²) >= 11 is 3.35. The Balaban J connectivity index is 1.84. The largest absolute Gasteiger partial charge is 0.323 e. The molecule has 6 nitrogen and oxygen atoms in total. The fraction of sp³-hybridized carbons (Fsp3) is 0.0667. The topological polar surface area (TPSA) is 76.9 Å². The Morgan fingerprint density at radius 1 is 1.14 bits per heavy atom. The molecule has 3 aromatic rings. The van der Waals surface area contributed by atoms with Gasteiger partial charge in [0.05, 0.1) is 11.1 Å². The number of anilines is 1. The van der Waals surface area contributed by atoms with Gasteiger partial charge in [-0.2, -0.15) is 0 Å². The highest BCUT2D eigenvalue weighted by Gasteiger charge is 2.10. The highest BCUT2D eigenvalue weighted by Crippen LogP contribution is 2.20. The number of rotatable bonds is 3. The molecule has 0 bridgehead atoms. The molecule has 1 N–H and O–H groups in total. The van der Waals surface area contributed by atoms with Crippen LogP contribution in [0.2, 0.25) is 0 Å². The van der Waals surface area contributed by atoms with Gasteiger partial charge in [0.25, 0.3) is 5.56 Å². The van der Waals surface area contributed by atoms with Crippen LogP contribution in [-0.4, -0.2) is 20.9 Å². The van der Waals surface area contributed by atoms with Crippen molar-refractivity contribution in [1.29, 1.82) is 0 Å². The molecule has 0 spiro atoms. The quantitative estimate of drug-likeness (QED) is 0.778. The van der Waals surface area contributed by atoms with Crippen LogP contribution in [0.3, 0.4) is 0 Å². The molecule has 0 fully saturated rings. The molecule has 0 saturated heterocycles. The fourth-order valence-electron chi connectivity index (χ4n) is 2.02. The van der Waals surface area contributed by atoms with Crippen LogP contribution in [0.5, 0.6) is 0 Å². The number of amides is 1. The molecule has 0 unspecified atom stereocenters. The molecule has 0 aliphatic carbocycles. The summed E-state index contributed by atoms with van der Waals surface area (Å²) in [6.45, 7) is -0.196. The lowest BCUT2D eigenvalue weighted by Crippen LogP contribution is -2.30. The Hall–Kier alpha value is -2.54. The number of aromatic nitrogens is 3. The van der Waals surface area contributed by atoms with E-state index < -0.39 is 0 Å². The highest BCUT2D eigenvalue weighted by molar-refractivity contribution is 9.10. The predicted octanol–water partition coefficient (Wildman–Crippen LogP) is 2.19. The molecule has 1 heterocycles. The van der Waals surface area contributed by atoms with Crippen LogP contribution in [0.25, 0.3) is 10.9 Å². The summed E-state index contributed by atoms with van der Waals surface area (Å²) in [6, 6.07) is 14.1. The first-order chi connectivity index (χ1) is 10.6. The Kier molecular flexibility index (Phi) is 3.97. The van der Waals surface area contributed by atoms with E-state index in [1.165, 1.54) is 0 Å². The van der Waals surface area contributed by atoms with Crippen molar-refractivity contribution >= 4 is 38.4 Å². The van der Waals surface area contributed by atoms with Gasteiger partial charge in [-0.3, -0.25) is 9.59 Å². The summed E-state index contributed by atoms with van der Waals surface area (Å²) in [5, 5.41) is 10.9. The number of carbonyl (C=O) groups is 1. The van der Waals surface area contributed by atoms with Gasteiger partial charge in [-0.05, 0) is 40.2 Å².